The van der Waals surface area contributed by atoms with Crippen molar-refractivity contribution >= 4 is 17.4 Å². The molecule has 0 spiro atoms. The predicted octanol–water partition coefficient (Wildman–Crippen LogP) is 4.11. The van der Waals surface area contributed by atoms with E-state index in [9.17, 15) is 0 Å². The lowest BCUT2D eigenvalue weighted by Gasteiger charge is -2.36. The van der Waals surface area contributed by atoms with Crippen molar-refractivity contribution in [3.8, 4) is 0 Å². The van der Waals surface area contributed by atoms with Crippen LogP contribution in [0.1, 0.15) is 46.6 Å². The number of hydrogen-bond acceptors (Lipinski definition) is 3. The summed E-state index contributed by atoms with van der Waals surface area (Å²) < 4.78 is 0. The Balaban J connectivity index is 2.05. The average Bonchev–Trinajstić information content (AvgIpc) is 2.39. The molecule has 21 heavy (non-hydrogen) atoms. The molecule has 118 valence electrons. The number of nitrogens with one attached hydrogen (secondary N) is 1. The molecule has 0 radical (unpaired) electrons. The maximum Gasteiger partial charge on any atom is 0.147 e. The molecule has 0 aliphatic carbocycles. The van der Waals surface area contributed by atoms with Crippen LogP contribution in [0.3, 0.4) is 0 Å². The Kier molecular flexibility index (Phi) is 5.15. The topological polar surface area (TPSA) is 28.2 Å². The molecule has 4 heteroatoms. The first-order valence-corrected chi connectivity index (χ1v) is 8.28. The van der Waals surface area contributed by atoms with Crippen molar-refractivity contribution in [2.75, 3.05) is 18.0 Å². The molecule has 1 aromatic rings. The summed E-state index contributed by atoms with van der Waals surface area (Å²) in [6.45, 7) is 14.0. The van der Waals surface area contributed by atoms with Gasteiger partial charge < -0.3 is 10.2 Å². The van der Waals surface area contributed by atoms with Gasteiger partial charge in [0.2, 0.25) is 0 Å². The minimum atomic E-state index is 0.101. The van der Waals surface area contributed by atoms with E-state index in [4.69, 9.17) is 11.6 Å². The van der Waals surface area contributed by atoms with E-state index in [-0.39, 0.29) is 5.54 Å². The summed E-state index contributed by atoms with van der Waals surface area (Å²) in [5, 5.41) is 4.23. The first-order chi connectivity index (χ1) is 9.76. The maximum absolute atomic E-state index is 6.46. The van der Waals surface area contributed by atoms with Gasteiger partial charge in [0.15, 0.2) is 0 Å². The molecule has 2 atom stereocenters. The van der Waals surface area contributed by atoms with E-state index in [1.165, 1.54) is 6.42 Å². The van der Waals surface area contributed by atoms with Crippen LogP contribution in [0.25, 0.3) is 0 Å². The molecule has 2 heterocycles. The molecule has 1 aromatic heterocycles. The van der Waals surface area contributed by atoms with Crippen LogP contribution in [0.15, 0.2) is 12.3 Å². The third kappa shape index (κ3) is 4.58. The molecule has 0 aromatic carbocycles. The summed E-state index contributed by atoms with van der Waals surface area (Å²) in [6, 6.07) is 2.05. The molecule has 2 unspecified atom stereocenters. The first-order valence-electron chi connectivity index (χ1n) is 7.90. The van der Waals surface area contributed by atoms with Crippen LogP contribution in [0.2, 0.25) is 5.02 Å². The van der Waals surface area contributed by atoms with E-state index in [2.05, 4.69) is 49.8 Å². The number of pyridine rings is 1. The minimum Gasteiger partial charge on any atom is -0.355 e. The molecule has 1 N–H and O–H groups in total. The van der Waals surface area contributed by atoms with Gasteiger partial charge in [0.25, 0.3) is 0 Å². The van der Waals surface area contributed by atoms with Crippen molar-refractivity contribution in [3.05, 3.63) is 22.8 Å². The zero-order valence-electron chi connectivity index (χ0n) is 13.9. The van der Waals surface area contributed by atoms with Crippen LogP contribution >= 0.6 is 11.6 Å². The monoisotopic (exact) mass is 309 g/mol. The third-order valence-corrected chi connectivity index (χ3v) is 4.61. The van der Waals surface area contributed by atoms with Crippen molar-refractivity contribution in [3.63, 3.8) is 0 Å². The predicted molar refractivity (Wildman–Crippen MR) is 91.0 cm³/mol. The summed E-state index contributed by atoms with van der Waals surface area (Å²) in [7, 11) is 0. The SMILES string of the molecule is CC1CCN(c2ncc(CNC(C)(C)C)cc2Cl)CC1C. The first kappa shape index (κ1) is 16.6. The fourth-order valence-electron chi connectivity index (χ4n) is 2.62. The highest BCUT2D eigenvalue weighted by molar-refractivity contribution is 6.33. The Morgan fingerprint density at radius 1 is 1.33 bits per heavy atom. The smallest absolute Gasteiger partial charge is 0.147 e. The van der Waals surface area contributed by atoms with E-state index in [1.807, 2.05) is 12.3 Å². The highest BCUT2D eigenvalue weighted by atomic mass is 35.5. The Morgan fingerprint density at radius 2 is 2.05 bits per heavy atom. The number of rotatable bonds is 3. The summed E-state index contributed by atoms with van der Waals surface area (Å²) in [5.74, 6) is 2.42. The van der Waals surface area contributed by atoms with Crippen molar-refractivity contribution in [1.29, 1.82) is 0 Å². The molecule has 0 amide bonds. The van der Waals surface area contributed by atoms with Gasteiger partial charge in [-0.25, -0.2) is 4.98 Å². The number of hydrogen-bond donors (Lipinski definition) is 1. The summed E-state index contributed by atoms with van der Waals surface area (Å²) in [5.41, 5.74) is 1.24. The van der Waals surface area contributed by atoms with Crippen molar-refractivity contribution < 1.29 is 0 Å². The summed E-state index contributed by atoms with van der Waals surface area (Å²) in [4.78, 5) is 6.94. The fraction of sp³-hybridized carbons (Fsp3) is 0.706. The zero-order valence-corrected chi connectivity index (χ0v) is 14.7. The van der Waals surface area contributed by atoms with Gasteiger partial charge in [-0.2, -0.15) is 0 Å². The Labute approximate surface area is 134 Å². The maximum atomic E-state index is 6.46. The average molecular weight is 310 g/mol. The normalized spacial score (nSPS) is 23.4. The van der Waals surface area contributed by atoms with E-state index in [1.54, 1.807) is 0 Å². The van der Waals surface area contributed by atoms with Crippen molar-refractivity contribution in [2.24, 2.45) is 11.8 Å². The number of nitrogens with zero attached hydrogens (tertiary/aromatic N) is 2. The lowest BCUT2D eigenvalue weighted by Crippen LogP contribution is -2.39. The van der Waals surface area contributed by atoms with Crippen LogP contribution < -0.4 is 10.2 Å². The van der Waals surface area contributed by atoms with E-state index in [0.29, 0.717) is 5.92 Å². The second-order valence-electron chi connectivity index (χ2n) is 7.44. The van der Waals surface area contributed by atoms with Gasteiger partial charge in [-0.05, 0) is 50.7 Å². The van der Waals surface area contributed by atoms with E-state index >= 15 is 0 Å². The van der Waals surface area contributed by atoms with Gasteiger partial charge in [0, 0.05) is 31.4 Å². The molecule has 1 aliphatic rings. The van der Waals surface area contributed by atoms with Crippen LogP contribution in [-0.2, 0) is 6.54 Å². The minimum absolute atomic E-state index is 0.101. The lowest BCUT2D eigenvalue weighted by molar-refractivity contribution is 0.323. The van der Waals surface area contributed by atoms with Crippen LogP contribution in [0.4, 0.5) is 5.82 Å². The van der Waals surface area contributed by atoms with Crippen molar-refractivity contribution in [2.45, 2.75) is 53.1 Å². The molecule has 0 bridgehead atoms. The van der Waals surface area contributed by atoms with Gasteiger partial charge in [0.05, 0.1) is 5.02 Å². The standard InChI is InChI=1S/C17H28ClN3/c1-12-6-7-21(11-13(12)2)16-15(18)8-14(9-19-16)10-20-17(3,4)5/h8-9,12-13,20H,6-7,10-11H2,1-5H3. The molecule has 1 aliphatic heterocycles. The van der Waals surface area contributed by atoms with Gasteiger partial charge in [-0.1, -0.05) is 25.4 Å². The largest absolute Gasteiger partial charge is 0.355 e. The quantitative estimate of drug-likeness (QED) is 0.911. The highest BCUT2D eigenvalue weighted by Crippen LogP contribution is 2.30. The molecular formula is C17H28ClN3. The fourth-order valence-corrected chi connectivity index (χ4v) is 2.93. The van der Waals surface area contributed by atoms with Gasteiger partial charge in [-0.15, -0.1) is 0 Å². The Hall–Kier alpha value is -0.800. The summed E-state index contributed by atoms with van der Waals surface area (Å²) >= 11 is 6.46. The molecule has 0 saturated carbocycles. The molecule has 1 saturated heterocycles. The lowest BCUT2D eigenvalue weighted by atomic mass is 9.89. The van der Waals surface area contributed by atoms with Crippen molar-refractivity contribution in [1.82, 2.24) is 10.3 Å². The van der Waals surface area contributed by atoms with Crippen LogP contribution in [0, 0.1) is 11.8 Å². The molecule has 3 nitrogen and oxygen atoms in total. The van der Waals surface area contributed by atoms with E-state index < -0.39 is 0 Å². The van der Waals surface area contributed by atoms with Gasteiger partial charge in [-0.3, -0.25) is 0 Å². The van der Waals surface area contributed by atoms with E-state index in [0.717, 1.165) is 42.0 Å². The number of piperidine rings is 1. The number of halogens is 1. The van der Waals surface area contributed by atoms with Gasteiger partial charge >= 0.3 is 0 Å². The summed E-state index contributed by atoms with van der Waals surface area (Å²) in [6.07, 6.45) is 3.16. The molecule has 1 fully saturated rings. The Bertz CT molecular complexity index is 481. The highest BCUT2D eigenvalue weighted by Gasteiger charge is 2.24. The number of anilines is 1. The second-order valence-corrected chi connectivity index (χ2v) is 7.85. The third-order valence-electron chi connectivity index (χ3n) is 4.33. The van der Waals surface area contributed by atoms with Gasteiger partial charge in [0.1, 0.15) is 5.82 Å². The zero-order chi connectivity index (χ0) is 15.6. The Morgan fingerprint density at radius 3 is 2.62 bits per heavy atom. The van der Waals surface area contributed by atoms with Crippen LogP contribution in [0.5, 0.6) is 0 Å². The molecular weight excluding hydrogens is 282 g/mol. The second kappa shape index (κ2) is 6.53. The number of aromatic nitrogens is 1. The van der Waals surface area contributed by atoms with Crippen LogP contribution in [-0.4, -0.2) is 23.6 Å². The molecule has 2 rings (SSSR count).